The van der Waals surface area contributed by atoms with Crippen LogP contribution in [-0.2, 0) is 19.4 Å². The summed E-state index contributed by atoms with van der Waals surface area (Å²) in [6.45, 7) is 2.65. The lowest BCUT2D eigenvalue weighted by molar-refractivity contribution is -0.118. The third-order valence-electron chi connectivity index (χ3n) is 5.30. The second-order valence-corrected chi connectivity index (χ2v) is 9.15. The highest BCUT2D eigenvalue weighted by molar-refractivity contribution is 7.91. The molecule has 3 aliphatic heterocycles. The summed E-state index contributed by atoms with van der Waals surface area (Å²) in [6, 6.07) is 5.35. The van der Waals surface area contributed by atoms with E-state index in [0.29, 0.717) is 12.8 Å². The first-order valence-electron chi connectivity index (χ1n) is 8.29. The summed E-state index contributed by atoms with van der Waals surface area (Å²) >= 11 is 0. The highest BCUT2D eigenvalue weighted by atomic mass is 32.2. The Morgan fingerprint density at radius 3 is 2.58 bits per heavy atom. The van der Waals surface area contributed by atoms with Crippen LogP contribution in [0.25, 0.3) is 0 Å². The first kappa shape index (κ1) is 15.6. The van der Waals surface area contributed by atoms with Gasteiger partial charge in [-0.3, -0.25) is 9.59 Å². The van der Waals surface area contributed by atoms with Crippen molar-refractivity contribution in [3.63, 3.8) is 0 Å². The van der Waals surface area contributed by atoms with Gasteiger partial charge in [0.2, 0.25) is 11.8 Å². The van der Waals surface area contributed by atoms with Gasteiger partial charge in [-0.25, -0.2) is 8.42 Å². The number of hydrogen-bond donors (Lipinski definition) is 0. The van der Waals surface area contributed by atoms with Crippen LogP contribution in [0.15, 0.2) is 18.2 Å². The Hall–Kier alpha value is -1.89. The van der Waals surface area contributed by atoms with Crippen molar-refractivity contribution in [3.8, 4) is 0 Å². The molecule has 3 saturated heterocycles. The molecule has 2 atom stereocenters. The number of nitrogens with zero attached hydrogens (tertiary/aromatic N) is 2. The summed E-state index contributed by atoms with van der Waals surface area (Å²) in [7, 11) is -3.06. The van der Waals surface area contributed by atoms with Crippen LogP contribution in [-0.4, -0.2) is 44.3 Å². The van der Waals surface area contributed by atoms with E-state index in [0.717, 1.165) is 29.9 Å². The molecule has 0 aromatic heterocycles. The molecule has 3 heterocycles. The average Bonchev–Trinajstić information content (AvgIpc) is 3.10. The van der Waals surface area contributed by atoms with Crippen molar-refractivity contribution >= 4 is 33.0 Å². The fourth-order valence-electron chi connectivity index (χ4n) is 4.22. The van der Waals surface area contributed by atoms with Crippen molar-refractivity contribution in [1.82, 2.24) is 0 Å². The van der Waals surface area contributed by atoms with E-state index in [9.17, 15) is 18.0 Å². The fourth-order valence-corrected chi connectivity index (χ4v) is 6.29. The Balaban J connectivity index is 1.66. The van der Waals surface area contributed by atoms with E-state index in [-0.39, 0.29) is 35.3 Å². The smallest absolute Gasteiger partial charge is 0.227 e. The summed E-state index contributed by atoms with van der Waals surface area (Å²) in [4.78, 5) is 27.7. The molecule has 0 radical (unpaired) electrons. The van der Waals surface area contributed by atoms with Gasteiger partial charge < -0.3 is 9.80 Å². The zero-order valence-corrected chi connectivity index (χ0v) is 14.4. The number of sulfone groups is 1. The minimum atomic E-state index is -3.06. The van der Waals surface area contributed by atoms with Gasteiger partial charge >= 0.3 is 0 Å². The minimum absolute atomic E-state index is 0.00991. The van der Waals surface area contributed by atoms with Crippen molar-refractivity contribution in [2.75, 3.05) is 27.9 Å². The van der Waals surface area contributed by atoms with Crippen LogP contribution in [0.3, 0.4) is 0 Å². The molecule has 6 nitrogen and oxygen atoms in total. The largest absolute Gasteiger partial charge is 0.312 e. The molecule has 0 aliphatic carbocycles. The Bertz CT molecular complexity index is 833. The van der Waals surface area contributed by atoms with Crippen LogP contribution in [0, 0.1) is 12.8 Å². The lowest BCUT2D eigenvalue weighted by atomic mass is 10.0. The number of amides is 2. The van der Waals surface area contributed by atoms with Crippen LogP contribution < -0.4 is 9.80 Å². The van der Waals surface area contributed by atoms with E-state index in [1.807, 2.05) is 25.1 Å². The minimum Gasteiger partial charge on any atom is -0.312 e. The number of carbonyl (C=O) groups is 2. The lowest BCUT2D eigenvalue weighted by Gasteiger charge is -2.25. The van der Waals surface area contributed by atoms with Crippen LogP contribution >= 0.6 is 0 Å². The molecule has 24 heavy (non-hydrogen) atoms. The zero-order valence-electron chi connectivity index (χ0n) is 13.6. The standard InChI is InChI=1S/C17H20N2O4S/c1-11-7-13(4-5-14(11)18-6-2-3-16(18)20)19-15-10-24(22,23)9-12(15)8-17(19)21/h4-5,7,12,15H,2-3,6,8-10H2,1H3/t12-,15+/m1/s1. The number of hydrogen-bond acceptors (Lipinski definition) is 4. The molecule has 7 heteroatoms. The van der Waals surface area contributed by atoms with Crippen LogP contribution in [0.1, 0.15) is 24.8 Å². The van der Waals surface area contributed by atoms with E-state index in [4.69, 9.17) is 0 Å². The molecule has 0 N–H and O–H groups in total. The molecule has 0 saturated carbocycles. The van der Waals surface area contributed by atoms with E-state index >= 15 is 0 Å². The molecule has 4 rings (SSSR count). The third-order valence-corrected chi connectivity index (χ3v) is 7.08. The summed E-state index contributed by atoms with van der Waals surface area (Å²) < 4.78 is 23.8. The van der Waals surface area contributed by atoms with Crippen molar-refractivity contribution in [2.24, 2.45) is 5.92 Å². The van der Waals surface area contributed by atoms with Gasteiger partial charge in [-0.15, -0.1) is 0 Å². The molecule has 128 valence electrons. The first-order chi connectivity index (χ1) is 11.4. The maximum absolute atomic E-state index is 12.4. The van der Waals surface area contributed by atoms with Crippen LogP contribution in [0.5, 0.6) is 0 Å². The number of fused-ring (bicyclic) bond motifs is 1. The van der Waals surface area contributed by atoms with Crippen molar-refractivity contribution < 1.29 is 18.0 Å². The van der Waals surface area contributed by atoms with Crippen molar-refractivity contribution in [3.05, 3.63) is 23.8 Å². The number of aryl methyl sites for hydroxylation is 1. The Morgan fingerprint density at radius 1 is 1.12 bits per heavy atom. The summed E-state index contributed by atoms with van der Waals surface area (Å²) in [5, 5.41) is 0. The molecule has 0 bridgehead atoms. The Labute approximate surface area is 141 Å². The maximum Gasteiger partial charge on any atom is 0.227 e. The molecule has 2 amide bonds. The van der Waals surface area contributed by atoms with Gasteiger partial charge in [0.15, 0.2) is 9.84 Å². The summed E-state index contributed by atoms with van der Waals surface area (Å²) in [5.74, 6) is 0.186. The SMILES string of the molecule is Cc1cc(N2C(=O)C[C@@H]3CS(=O)(=O)C[C@@H]32)ccc1N1CCCC1=O. The van der Waals surface area contributed by atoms with E-state index in [1.54, 1.807) is 9.80 Å². The third kappa shape index (κ3) is 2.42. The maximum atomic E-state index is 12.4. The molecule has 0 unspecified atom stereocenters. The second kappa shape index (κ2) is 5.31. The molecule has 3 aliphatic rings. The fraction of sp³-hybridized carbons (Fsp3) is 0.529. The normalized spacial score (nSPS) is 28.7. The number of rotatable bonds is 2. The highest BCUT2D eigenvalue weighted by Gasteiger charge is 2.49. The number of carbonyl (C=O) groups excluding carboxylic acids is 2. The summed E-state index contributed by atoms with van der Waals surface area (Å²) in [6.07, 6.45) is 1.75. The van der Waals surface area contributed by atoms with E-state index in [2.05, 4.69) is 0 Å². The van der Waals surface area contributed by atoms with Crippen LogP contribution in [0.2, 0.25) is 0 Å². The zero-order chi connectivity index (χ0) is 17.1. The van der Waals surface area contributed by atoms with Gasteiger partial charge in [-0.05, 0) is 37.1 Å². The summed E-state index contributed by atoms with van der Waals surface area (Å²) in [5.41, 5.74) is 2.54. The average molecular weight is 348 g/mol. The molecular formula is C17H20N2O4S. The van der Waals surface area contributed by atoms with Gasteiger partial charge in [0.25, 0.3) is 0 Å². The van der Waals surface area contributed by atoms with Crippen molar-refractivity contribution in [2.45, 2.75) is 32.2 Å². The quantitative estimate of drug-likeness (QED) is 0.807. The Morgan fingerprint density at radius 2 is 1.92 bits per heavy atom. The molecule has 3 fully saturated rings. The van der Waals surface area contributed by atoms with Gasteiger partial charge in [0, 0.05) is 36.7 Å². The van der Waals surface area contributed by atoms with E-state index < -0.39 is 9.84 Å². The van der Waals surface area contributed by atoms with Gasteiger partial charge in [-0.2, -0.15) is 0 Å². The van der Waals surface area contributed by atoms with Crippen LogP contribution in [0.4, 0.5) is 11.4 Å². The number of benzene rings is 1. The topological polar surface area (TPSA) is 74.8 Å². The van der Waals surface area contributed by atoms with Gasteiger partial charge in [0.05, 0.1) is 17.5 Å². The molecule has 1 aromatic carbocycles. The monoisotopic (exact) mass is 348 g/mol. The van der Waals surface area contributed by atoms with Crippen molar-refractivity contribution in [1.29, 1.82) is 0 Å². The molecule has 1 aromatic rings. The van der Waals surface area contributed by atoms with Gasteiger partial charge in [0.1, 0.15) is 0 Å². The molecule has 0 spiro atoms. The van der Waals surface area contributed by atoms with Gasteiger partial charge in [-0.1, -0.05) is 0 Å². The molecular weight excluding hydrogens is 328 g/mol. The highest BCUT2D eigenvalue weighted by Crippen LogP contribution is 2.38. The predicted octanol–water partition coefficient (Wildman–Crippen LogP) is 1.27. The predicted molar refractivity (Wildman–Crippen MR) is 90.8 cm³/mol. The number of anilines is 2. The first-order valence-corrected chi connectivity index (χ1v) is 10.1. The Kier molecular flexibility index (Phi) is 3.46. The van der Waals surface area contributed by atoms with E-state index in [1.165, 1.54) is 0 Å². The lowest BCUT2D eigenvalue weighted by Crippen LogP contribution is -2.36. The second-order valence-electron chi connectivity index (χ2n) is 6.99.